The van der Waals surface area contributed by atoms with E-state index in [4.69, 9.17) is 14.2 Å². The zero-order chi connectivity index (χ0) is 22.1. The minimum atomic E-state index is -0.610. The van der Waals surface area contributed by atoms with Crippen LogP contribution in [0.3, 0.4) is 0 Å². The number of aromatic nitrogens is 1. The van der Waals surface area contributed by atoms with Gasteiger partial charge in [0.15, 0.2) is 0 Å². The third-order valence-corrected chi connectivity index (χ3v) is 6.72. The Hall–Kier alpha value is -3.15. The number of anilines is 1. The molecule has 4 heterocycles. The van der Waals surface area contributed by atoms with Crippen molar-refractivity contribution >= 4 is 11.7 Å². The van der Waals surface area contributed by atoms with Gasteiger partial charge >= 0.3 is 0 Å². The molecule has 166 valence electrons. The van der Waals surface area contributed by atoms with Gasteiger partial charge in [0.2, 0.25) is 5.91 Å². The molecule has 3 fully saturated rings. The molecule has 0 spiro atoms. The normalized spacial score (nSPS) is 23.4. The first-order chi connectivity index (χ1) is 15.6. The predicted molar refractivity (Wildman–Crippen MR) is 116 cm³/mol. The number of hydrogen-bond donors (Lipinski definition) is 0. The summed E-state index contributed by atoms with van der Waals surface area (Å²) >= 11 is 0. The van der Waals surface area contributed by atoms with Crippen molar-refractivity contribution in [3.8, 4) is 11.8 Å². The third-order valence-electron chi connectivity index (χ3n) is 6.72. The van der Waals surface area contributed by atoms with E-state index in [0.717, 1.165) is 30.0 Å². The first kappa shape index (κ1) is 20.7. The minimum Gasteiger partial charge on any atom is -0.497 e. The molecule has 2 unspecified atom stereocenters. The van der Waals surface area contributed by atoms with E-state index in [2.05, 4.69) is 16.0 Å². The molecule has 0 saturated carbocycles. The number of piperazine rings is 1. The van der Waals surface area contributed by atoms with Crippen molar-refractivity contribution in [1.82, 2.24) is 9.88 Å². The Morgan fingerprint density at radius 1 is 1.25 bits per heavy atom. The summed E-state index contributed by atoms with van der Waals surface area (Å²) in [5, 5.41) is 9.47. The van der Waals surface area contributed by atoms with Gasteiger partial charge in [0.1, 0.15) is 29.8 Å². The molecular weight excluding hydrogens is 408 g/mol. The average Bonchev–Trinajstić information content (AvgIpc) is 3.06. The summed E-state index contributed by atoms with van der Waals surface area (Å²) in [7, 11) is 1.63. The number of nitriles is 1. The van der Waals surface area contributed by atoms with Gasteiger partial charge in [-0.2, -0.15) is 5.26 Å². The third kappa shape index (κ3) is 3.57. The number of amides is 1. The Balaban J connectivity index is 1.25. The highest BCUT2D eigenvalue weighted by atomic mass is 16.6. The summed E-state index contributed by atoms with van der Waals surface area (Å²) < 4.78 is 16.9. The van der Waals surface area contributed by atoms with E-state index in [-0.39, 0.29) is 24.6 Å². The van der Waals surface area contributed by atoms with Crippen molar-refractivity contribution in [3.05, 3.63) is 53.7 Å². The largest absolute Gasteiger partial charge is 0.497 e. The number of rotatable bonds is 6. The summed E-state index contributed by atoms with van der Waals surface area (Å²) in [6, 6.07) is 13.9. The Kier molecular flexibility index (Phi) is 5.45. The Morgan fingerprint density at radius 2 is 2.03 bits per heavy atom. The van der Waals surface area contributed by atoms with E-state index in [0.29, 0.717) is 31.9 Å². The molecule has 2 atom stereocenters. The topological polar surface area (TPSA) is 87.9 Å². The first-order valence-corrected chi connectivity index (χ1v) is 10.9. The SMILES string of the molecule is COc1cccc(C2(OCC(=O)N3CC4CCC(C3)N4c3ncccc3C#N)COC2)c1. The van der Waals surface area contributed by atoms with Gasteiger partial charge in [-0.3, -0.25) is 4.79 Å². The van der Waals surface area contributed by atoms with Gasteiger partial charge in [-0.25, -0.2) is 4.98 Å². The highest BCUT2D eigenvalue weighted by molar-refractivity contribution is 5.78. The Labute approximate surface area is 187 Å². The fourth-order valence-corrected chi connectivity index (χ4v) is 4.96. The van der Waals surface area contributed by atoms with Crippen LogP contribution >= 0.6 is 0 Å². The molecule has 0 N–H and O–H groups in total. The molecule has 1 amide bonds. The Bertz CT molecular complexity index is 1030. The molecule has 0 radical (unpaired) electrons. The molecule has 8 nitrogen and oxygen atoms in total. The molecule has 5 rings (SSSR count). The van der Waals surface area contributed by atoms with Crippen LogP contribution in [0.1, 0.15) is 24.0 Å². The summed E-state index contributed by atoms with van der Waals surface area (Å²) in [5.41, 5.74) is 0.929. The van der Waals surface area contributed by atoms with Crippen LogP contribution in [0.25, 0.3) is 0 Å². The quantitative estimate of drug-likeness (QED) is 0.688. The number of likely N-dealkylation sites (tertiary alicyclic amines) is 1. The van der Waals surface area contributed by atoms with Crippen LogP contribution in [0.5, 0.6) is 5.75 Å². The zero-order valence-electron chi connectivity index (χ0n) is 18.1. The fraction of sp³-hybridized carbons (Fsp3) is 0.458. The van der Waals surface area contributed by atoms with E-state index in [1.54, 1.807) is 25.4 Å². The van der Waals surface area contributed by atoms with Crippen molar-refractivity contribution in [3.63, 3.8) is 0 Å². The smallest absolute Gasteiger partial charge is 0.248 e. The maximum atomic E-state index is 13.1. The summed E-state index contributed by atoms with van der Waals surface area (Å²) in [5.74, 6) is 1.47. The van der Waals surface area contributed by atoms with E-state index in [1.165, 1.54) is 0 Å². The van der Waals surface area contributed by atoms with Crippen LogP contribution in [-0.2, 0) is 19.9 Å². The van der Waals surface area contributed by atoms with Gasteiger partial charge in [-0.15, -0.1) is 0 Å². The number of nitrogens with zero attached hydrogens (tertiary/aromatic N) is 4. The van der Waals surface area contributed by atoms with Crippen LogP contribution in [-0.4, -0.2) is 67.9 Å². The maximum absolute atomic E-state index is 13.1. The average molecular weight is 434 g/mol. The second-order valence-electron chi connectivity index (χ2n) is 8.59. The van der Waals surface area contributed by atoms with Gasteiger partial charge in [-0.05, 0) is 42.7 Å². The monoisotopic (exact) mass is 434 g/mol. The van der Waals surface area contributed by atoms with Crippen molar-refractivity contribution < 1.29 is 19.0 Å². The molecule has 3 aliphatic rings. The number of methoxy groups -OCH3 is 1. The van der Waals surface area contributed by atoms with Crippen LogP contribution in [0, 0.1) is 11.3 Å². The maximum Gasteiger partial charge on any atom is 0.248 e. The predicted octanol–water partition coefficient (Wildman–Crippen LogP) is 2.08. The molecule has 2 aromatic rings. The first-order valence-electron chi connectivity index (χ1n) is 10.9. The standard InChI is InChI=1S/C24H26N4O4/c1-30-21-6-2-5-18(10-21)24(15-31-16-24)32-14-22(29)27-12-19-7-8-20(13-27)28(19)23-17(11-25)4-3-9-26-23/h2-6,9-10,19-20H,7-8,12-16H2,1H3. The van der Waals surface area contributed by atoms with Gasteiger partial charge in [0.05, 0.1) is 25.9 Å². The fourth-order valence-electron chi connectivity index (χ4n) is 4.96. The number of ether oxygens (including phenoxy) is 3. The van der Waals surface area contributed by atoms with Crippen LogP contribution in [0.15, 0.2) is 42.6 Å². The molecule has 1 aromatic carbocycles. The highest BCUT2D eigenvalue weighted by Gasteiger charge is 2.45. The Morgan fingerprint density at radius 3 is 2.69 bits per heavy atom. The second-order valence-corrected chi connectivity index (χ2v) is 8.59. The molecule has 3 saturated heterocycles. The zero-order valence-corrected chi connectivity index (χ0v) is 18.1. The number of fused-ring (bicyclic) bond motifs is 2. The molecular formula is C24H26N4O4. The lowest BCUT2D eigenvalue weighted by Crippen LogP contribution is -2.57. The van der Waals surface area contributed by atoms with Gasteiger partial charge < -0.3 is 24.0 Å². The number of carbonyl (C=O) groups is 1. The molecule has 1 aromatic heterocycles. The van der Waals surface area contributed by atoms with Crippen LogP contribution in [0.2, 0.25) is 0 Å². The molecule has 8 heteroatoms. The lowest BCUT2D eigenvalue weighted by Gasteiger charge is -2.44. The van der Waals surface area contributed by atoms with Crippen molar-refractivity contribution in [2.75, 3.05) is 44.9 Å². The van der Waals surface area contributed by atoms with Crippen LogP contribution < -0.4 is 9.64 Å². The number of carbonyl (C=O) groups excluding carboxylic acids is 1. The number of hydrogen-bond acceptors (Lipinski definition) is 7. The minimum absolute atomic E-state index is 0.00699. The number of pyridine rings is 1. The summed E-state index contributed by atoms with van der Waals surface area (Å²) in [6.07, 6.45) is 3.69. The van der Waals surface area contributed by atoms with Crippen molar-refractivity contribution in [1.29, 1.82) is 5.26 Å². The molecule has 32 heavy (non-hydrogen) atoms. The molecule has 3 aliphatic heterocycles. The molecule has 0 aliphatic carbocycles. The van der Waals surface area contributed by atoms with Gasteiger partial charge in [-0.1, -0.05) is 12.1 Å². The lowest BCUT2D eigenvalue weighted by atomic mass is 9.91. The van der Waals surface area contributed by atoms with Gasteiger partial charge in [0, 0.05) is 31.4 Å². The number of benzene rings is 1. The highest BCUT2D eigenvalue weighted by Crippen LogP contribution is 2.37. The van der Waals surface area contributed by atoms with E-state index < -0.39 is 5.60 Å². The van der Waals surface area contributed by atoms with Crippen molar-refractivity contribution in [2.45, 2.75) is 30.5 Å². The summed E-state index contributed by atoms with van der Waals surface area (Å²) in [6.45, 7) is 2.07. The second kappa shape index (κ2) is 8.41. The summed E-state index contributed by atoms with van der Waals surface area (Å²) in [4.78, 5) is 21.7. The molecule has 2 bridgehead atoms. The van der Waals surface area contributed by atoms with E-state index >= 15 is 0 Å². The van der Waals surface area contributed by atoms with Gasteiger partial charge in [0.25, 0.3) is 0 Å². The van der Waals surface area contributed by atoms with Crippen molar-refractivity contribution in [2.24, 2.45) is 0 Å². The lowest BCUT2D eigenvalue weighted by molar-refractivity contribution is -0.218. The van der Waals surface area contributed by atoms with E-state index in [1.807, 2.05) is 29.2 Å². The van der Waals surface area contributed by atoms with Crippen LogP contribution in [0.4, 0.5) is 5.82 Å². The van der Waals surface area contributed by atoms with E-state index in [9.17, 15) is 10.1 Å².